The monoisotopic (exact) mass is 220 g/mol. The molecule has 2 rings (SSSR count). The molecule has 1 aromatic carbocycles. The second kappa shape index (κ2) is 3.65. The SMILES string of the molecule is O=C(O)C1=C(c2ccccc2)CN1[N+](=O)[O-]. The van der Waals surface area contributed by atoms with E-state index in [1.807, 2.05) is 0 Å². The summed E-state index contributed by atoms with van der Waals surface area (Å²) < 4.78 is 0. The van der Waals surface area contributed by atoms with Crippen LogP contribution in [-0.4, -0.2) is 27.7 Å². The van der Waals surface area contributed by atoms with Gasteiger partial charge in [-0.3, -0.25) is 0 Å². The zero-order valence-corrected chi connectivity index (χ0v) is 8.16. The van der Waals surface area contributed by atoms with E-state index < -0.39 is 11.0 Å². The molecule has 0 bridgehead atoms. The maximum atomic E-state index is 10.9. The predicted molar refractivity (Wildman–Crippen MR) is 54.7 cm³/mol. The number of nitrogens with zero attached hydrogens (tertiary/aromatic N) is 2. The molecule has 0 aliphatic carbocycles. The molecule has 1 N–H and O–H groups in total. The first kappa shape index (κ1) is 10.2. The van der Waals surface area contributed by atoms with E-state index in [1.165, 1.54) is 0 Å². The second-order valence-electron chi connectivity index (χ2n) is 3.29. The van der Waals surface area contributed by atoms with Crippen LogP contribution in [0.4, 0.5) is 0 Å². The summed E-state index contributed by atoms with van der Waals surface area (Å²) in [4.78, 5) is 21.4. The van der Waals surface area contributed by atoms with Crippen molar-refractivity contribution in [1.82, 2.24) is 5.01 Å². The fraction of sp³-hybridized carbons (Fsp3) is 0.100. The number of carboxylic acids is 1. The van der Waals surface area contributed by atoms with Gasteiger partial charge in [-0.2, -0.15) is 0 Å². The molecule has 1 aliphatic heterocycles. The van der Waals surface area contributed by atoms with Gasteiger partial charge in [-0.05, 0) is 5.56 Å². The van der Waals surface area contributed by atoms with Crippen molar-refractivity contribution in [2.45, 2.75) is 0 Å². The van der Waals surface area contributed by atoms with E-state index in [0.29, 0.717) is 16.1 Å². The highest BCUT2D eigenvalue weighted by atomic mass is 16.7. The van der Waals surface area contributed by atoms with Crippen LogP contribution in [-0.2, 0) is 4.79 Å². The van der Waals surface area contributed by atoms with Crippen molar-refractivity contribution < 1.29 is 14.9 Å². The molecule has 0 aromatic heterocycles. The van der Waals surface area contributed by atoms with E-state index in [2.05, 4.69) is 0 Å². The molecule has 6 nitrogen and oxygen atoms in total. The van der Waals surface area contributed by atoms with Gasteiger partial charge in [0.25, 0.3) is 0 Å². The number of carboxylic acid groups (broad SMARTS) is 1. The molecular weight excluding hydrogens is 212 g/mol. The molecule has 16 heavy (non-hydrogen) atoms. The predicted octanol–water partition coefficient (Wildman–Crippen LogP) is 0.990. The van der Waals surface area contributed by atoms with Crippen LogP contribution >= 0.6 is 0 Å². The zero-order chi connectivity index (χ0) is 11.7. The van der Waals surface area contributed by atoms with Gasteiger partial charge in [-0.1, -0.05) is 35.3 Å². The molecule has 82 valence electrons. The maximum absolute atomic E-state index is 10.9. The van der Waals surface area contributed by atoms with E-state index >= 15 is 0 Å². The Kier molecular flexibility index (Phi) is 2.32. The van der Waals surface area contributed by atoms with Gasteiger partial charge < -0.3 is 5.11 Å². The molecule has 0 amide bonds. The zero-order valence-electron chi connectivity index (χ0n) is 8.16. The first-order valence-corrected chi connectivity index (χ1v) is 4.55. The lowest BCUT2D eigenvalue weighted by atomic mass is 9.97. The molecular formula is C10H8N2O4. The minimum absolute atomic E-state index is 0.0264. The molecule has 0 saturated carbocycles. The topological polar surface area (TPSA) is 83.7 Å². The van der Waals surface area contributed by atoms with E-state index in [4.69, 9.17) is 5.11 Å². The van der Waals surface area contributed by atoms with Crippen molar-refractivity contribution in [1.29, 1.82) is 0 Å². The standard InChI is InChI=1S/C10H8N2O4/c13-10(14)9-8(6-11(9)12(15)16)7-4-2-1-3-5-7/h1-5H,6H2,(H,13,14). The van der Waals surface area contributed by atoms with Crippen molar-refractivity contribution in [3.63, 3.8) is 0 Å². The van der Waals surface area contributed by atoms with Gasteiger partial charge in [0.1, 0.15) is 6.54 Å². The molecule has 6 heteroatoms. The summed E-state index contributed by atoms with van der Waals surface area (Å²) in [7, 11) is 0. The van der Waals surface area contributed by atoms with Gasteiger partial charge >= 0.3 is 5.97 Å². The van der Waals surface area contributed by atoms with Crippen LogP contribution in [0.15, 0.2) is 36.0 Å². The van der Waals surface area contributed by atoms with Crippen molar-refractivity contribution in [2.24, 2.45) is 0 Å². The highest BCUT2D eigenvalue weighted by Crippen LogP contribution is 2.31. The molecule has 0 unspecified atom stereocenters. The van der Waals surface area contributed by atoms with E-state index in [-0.39, 0.29) is 12.2 Å². The fourth-order valence-corrected chi connectivity index (χ4v) is 1.61. The Hall–Kier alpha value is -2.37. The largest absolute Gasteiger partial charge is 0.476 e. The molecule has 0 spiro atoms. The molecule has 0 radical (unpaired) electrons. The molecule has 0 saturated heterocycles. The number of hydrogen-bond acceptors (Lipinski definition) is 3. The molecule has 1 aliphatic rings. The third kappa shape index (κ3) is 1.50. The summed E-state index contributed by atoms with van der Waals surface area (Å²) >= 11 is 0. The van der Waals surface area contributed by atoms with Crippen LogP contribution in [0.25, 0.3) is 5.57 Å². The smallest absolute Gasteiger partial charge is 0.358 e. The maximum Gasteiger partial charge on any atom is 0.358 e. The number of benzene rings is 1. The number of hydrogen-bond donors (Lipinski definition) is 1. The van der Waals surface area contributed by atoms with Crippen LogP contribution in [0.5, 0.6) is 0 Å². The van der Waals surface area contributed by atoms with Crippen LogP contribution in [0.1, 0.15) is 5.56 Å². The molecule has 1 aromatic rings. The van der Waals surface area contributed by atoms with Crippen LogP contribution in [0, 0.1) is 10.1 Å². The van der Waals surface area contributed by atoms with Crippen molar-refractivity contribution in [3.05, 3.63) is 51.7 Å². The average Bonchev–Trinajstić information content (AvgIpc) is 2.16. The minimum atomic E-state index is -1.28. The Morgan fingerprint density at radius 2 is 2.00 bits per heavy atom. The summed E-state index contributed by atoms with van der Waals surface area (Å²) in [6.45, 7) is 0.0264. The lowest BCUT2D eigenvalue weighted by Gasteiger charge is -2.27. The summed E-state index contributed by atoms with van der Waals surface area (Å²) in [5.74, 6) is -1.28. The first-order valence-electron chi connectivity index (χ1n) is 4.55. The van der Waals surface area contributed by atoms with Gasteiger partial charge in [-0.15, -0.1) is 0 Å². The number of aliphatic carboxylic acids is 1. The summed E-state index contributed by atoms with van der Waals surface area (Å²) in [6, 6.07) is 8.78. The van der Waals surface area contributed by atoms with Gasteiger partial charge in [0.15, 0.2) is 10.7 Å². The average molecular weight is 220 g/mol. The van der Waals surface area contributed by atoms with Crippen LogP contribution in [0.2, 0.25) is 0 Å². The summed E-state index contributed by atoms with van der Waals surface area (Å²) in [5.41, 5.74) is 0.944. The van der Waals surface area contributed by atoms with E-state index in [1.54, 1.807) is 30.3 Å². The Morgan fingerprint density at radius 3 is 2.50 bits per heavy atom. The molecule has 0 fully saturated rings. The molecule has 0 atom stereocenters. The van der Waals surface area contributed by atoms with E-state index in [0.717, 1.165) is 0 Å². The fourth-order valence-electron chi connectivity index (χ4n) is 1.61. The highest BCUT2D eigenvalue weighted by molar-refractivity contribution is 5.99. The lowest BCUT2D eigenvalue weighted by molar-refractivity contribution is -0.644. The highest BCUT2D eigenvalue weighted by Gasteiger charge is 2.40. The summed E-state index contributed by atoms with van der Waals surface area (Å²) in [6.07, 6.45) is 0. The van der Waals surface area contributed by atoms with Gasteiger partial charge in [0.2, 0.25) is 0 Å². The Bertz CT molecular complexity index is 481. The Morgan fingerprint density at radius 1 is 1.38 bits per heavy atom. The number of carbonyl (C=O) groups is 1. The quantitative estimate of drug-likeness (QED) is 0.606. The number of hydrazine groups is 1. The second-order valence-corrected chi connectivity index (χ2v) is 3.29. The van der Waals surface area contributed by atoms with Gasteiger partial charge in [-0.25, -0.2) is 14.9 Å². The number of rotatable bonds is 3. The van der Waals surface area contributed by atoms with E-state index in [9.17, 15) is 14.9 Å². The third-order valence-electron chi connectivity index (χ3n) is 2.37. The third-order valence-corrected chi connectivity index (χ3v) is 2.37. The van der Waals surface area contributed by atoms with Crippen molar-refractivity contribution >= 4 is 11.5 Å². The van der Waals surface area contributed by atoms with Crippen LogP contribution < -0.4 is 0 Å². The molecule has 1 heterocycles. The normalized spacial score (nSPS) is 14.6. The lowest BCUT2D eigenvalue weighted by Crippen LogP contribution is -2.43. The minimum Gasteiger partial charge on any atom is -0.476 e. The van der Waals surface area contributed by atoms with Crippen molar-refractivity contribution in [3.8, 4) is 0 Å². The first-order chi connectivity index (χ1) is 7.61. The van der Waals surface area contributed by atoms with Gasteiger partial charge in [0, 0.05) is 5.57 Å². The van der Waals surface area contributed by atoms with Crippen LogP contribution in [0.3, 0.4) is 0 Å². The van der Waals surface area contributed by atoms with Gasteiger partial charge in [0.05, 0.1) is 0 Å². The Balaban J connectivity index is 2.42. The Labute approximate surface area is 90.5 Å². The number of nitro groups is 1. The van der Waals surface area contributed by atoms with Crippen molar-refractivity contribution in [2.75, 3.05) is 6.54 Å². The summed E-state index contributed by atoms with van der Waals surface area (Å²) in [5, 5.41) is 19.3.